The second kappa shape index (κ2) is 5.93. The van der Waals surface area contributed by atoms with Gasteiger partial charge in [0.05, 0.1) is 4.90 Å². The Bertz CT molecular complexity index is 575. The minimum atomic E-state index is -3.45. The molecule has 0 spiro atoms. The summed E-state index contributed by atoms with van der Waals surface area (Å²) >= 11 is 0. The lowest BCUT2D eigenvalue weighted by Gasteiger charge is -2.24. The molecule has 0 saturated heterocycles. The number of amides is 1. The molecule has 6 heteroatoms. The highest BCUT2D eigenvalue weighted by molar-refractivity contribution is 7.89. The summed E-state index contributed by atoms with van der Waals surface area (Å²) in [5.41, 5.74) is 0.523. The van der Waals surface area contributed by atoms with E-state index in [9.17, 15) is 13.2 Å². The molecule has 1 saturated carbocycles. The Labute approximate surface area is 120 Å². The highest BCUT2D eigenvalue weighted by atomic mass is 32.2. The van der Waals surface area contributed by atoms with E-state index in [0.29, 0.717) is 11.6 Å². The minimum absolute atomic E-state index is 0.0506. The molecule has 0 heterocycles. The van der Waals surface area contributed by atoms with Crippen LogP contribution in [0.25, 0.3) is 0 Å². The van der Waals surface area contributed by atoms with Crippen LogP contribution in [0.4, 0.5) is 0 Å². The zero-order valence-electron chi connectivity index (χ0n) is 11.8. The Morgan fingerprint density at radius 3 is 2.25 bits per heavy atom. The molecule has 0 radical (unpaired) electrons. The average molecular weight is 296 g/mol. The first-order valence-electron chi connectivity index (χ1n) is 6.76. The van der Waals surface area contributed by atoms with Gasteiger partial charge in [-0.25, -0.2) is 13.1 Å². The van der Waals surface area contributed by atoms with Gasteiger partial charge in [-0.1, -0.05) is 12.8 Å². The lowest BCUT2D eigenvalue weighted by Crippen LogP contribution is -2.35. The molecule has 20 heavy (non-hydrogen) atoms. The van der Waals surface area contributed by atoms with Crippen LogP contribution in [0.3, 0.4) is 0 Å². The third-order valence-electron chi connectivity index (χ3n) is 3.87. The zero-order valence-corrected chi connectivity index (χ0v) is 12.6. The van der Waals surface area contributed by atoms with Crippen LogP contribution in [0.15, 0.2) is 29.2 Å². The van der Waals surface area contributed by atoms with Crippen LogP contribution >= 0.6 is 0 Å². The zero-order chi connectivity index (χ0) is 14.8. The van der Waals surface area contributed by atoms with Crippen molar-refractivity contribution in [3.63, 3.8) is 0 Å². The predicted octanol–water partition coefficient (Wildman–Crippen LogP) is 1.61. The molecule has 1 aliphatic carbocycles. The standard InChI is InChI=1S/C14H20N2O3S/c1-15-20(18,19)13-9-7-11(8-10-13)14(17)16(2)12-5-3-4-6-12/h7-10,12,15H,3-6H2,1-2H3. The van der Waals surface area contributed by atoms with Crippen molar-refractivity contribution in [1.29, 1.82) is 0 Å². The number of hydrogen-bond acceptors (Lipinski definition) is 3. The number of carbonyl (C=O) groups excluding carboxylic acids is 1. The first kappa shape index (κ1) is 15.0. The smallest absolute Gasteiger partial charge is 0.253 e. The number of nitrogens with one attached hydrogen (secondary N) is 1. The average Bonchev–Trinajstić information content (AvgIpc) is 3.00. The summed E-state index contributed by atoms with van der Waals surface area (Å²) in [5.74, 6) is -0.0506. The van der Waals surface area contributed by atoms with Gasteiger partial charge in [0, 0.05) is 18.7 Å². The van der Waals surface area contributed by atoms with Gasteiger partial charge in [-0.2, -0.15) is 0 Å². The van der Waals surface area contributed by atoms with E-state index in [-0.39, 0.29) is 10.8 Å². The van der Waals surface area contributed by atoms with Crippen LogP contribution in [0, 0.1) is 0 Å². The van der Waals surface area contributed by atoms with Crippen molar-refractivity contribution < 1.29 is 13.2 Å². The van der Waals surface area contributed by atoms with Crippen LogP contribution in [-0.2, 0) is 10.0 Å². The predicted molar refractivity (Wildman–Crippen MR) is 77.0 cm³/mol. The molecule has 0 unspecified atom stereocenters. The second-order valence-corrected chi connectivity index (χ2v) is 6.97. The Morgan fingerprint density at radius 2 is 1.75 bits per heavy atom. The van der Waals surface area contributed by atoms with E-state index in [4.69, 9.17) is 0 Å². The van der Waals surface area contributed by atoms with Gasteiger partial charge in [0.1, 0.15) is 0 Å². The van der Waals surface area contributed by atoms with Gasteiger partial charge < -0.3 is 4.90 Å². The van der Waals surface area contributed by atoms with E-state index in [1.54, 1.807) is 17.0 Å². The number of nitrogens with zero attached hydrogens (tertiary/aromatic N) is 1. The summed E-state index contributed by atoms with van der Waals surface area (Å²) in [4.78, 5) is 14.3. The van der Waals surface area contributed by atoms with Crippen molar-refractivity contribution in [2.75, 3.05) is 14.1 Å². The van der Waals surface area contributed by atoms with Crippen LogP contribution in [0.1, 0.15) is 36.0 Å². The van der Waals surface area contributed by atoms with E-state index < -0.39 is 10.0 Å². The molecule has 0 bridgehead atoms. The fourth-order valence-electron chi connectivity index (χ4n) is 2.56. The summed E-state index contributed by atoms with van der Waals surface area (Å²) in [6.07, 6.45) is 4.44. The normalized spacial score (nSPS) is 16.3. The van der Waals surface area contributed by atoms with E-state index >= 15 is 0 Å². The highest BCUT2D eigenvalue weighted by Gasteiger charge is 2.24. The lowest BCUT2D eigenvalue weighted by atomic mass is 10.1. The molecule has 5 nitrogen and oxygen atoms in total. The van der Waals surface area contributed by atoms with Crippen LogP contribution in [-0.4, -0.2) is 39.4 Å². The lowest BCUT2D eigenvalue weighted by molar-refractivity contribution is 0.0735. The summed E-state index contributed by atoms with van der Waals surface area (Å²) < 4.78 is 25.5. The topological polar surface area (TPSA) is 66.5 Å². The van der Waals surface area contributed by atoms with E-state index in [0.717, 1.165) is 12.8 Å². The molecule has 0 aromatic heterocycles. The maximum absolute atomic E-state index is 12.3. The van der Waals surface area contributed by atoms with Crippen LogP contribution in [0.5, 0.6) is 0 Å². The molecule has 1 aromatic carbocycles. The van der Waals surface area contributed by atoms with Crippen molar-refractivity contribution in [3.8, 4) is 0 Å². The summed E-state index contributed by atoms with van der Waals surface area (Å²) in [6.45, 7) is 0. The van der Waals surface area contributed by atoms with Gasteiger partial charge in [0.15, 0.2) is 0 Å². The number of rotatable bonds is 4. The Morgan fingerprint density at radius 1 is 1.20 bits per heavy atom. The van der Waals surface area contributed by atoms with Gasteiger partial charge >= 0.3 is 0 Å². The van der Waals surface area contributed by atoms with Crippen molar-refractivity contribution in [3.05, 3.63) is 29.8 Å². The first-order chi connectivity index (χ1) is 9.45. The van der Waals surface area contributed by atoms with Crippen molar-refractivity contribution in [1.82, 2.24) is 9.62 Å². The van der Waals surface area contributed by atoms with E-state index in [1.165, 1.54) is 32.0 Å². The Hall–Kier alpha value is -1.40. The van der Waals surface area contributed by atoms with E-state index in [1.807, 2.05) is 7.05 Å². The Balaban J connectivity index is 2.15. The number of carbonyl (C=O) groups is 1. The minimum Gasteiger partial charge on any atom is -0.339 e. The number of hydrogen-bond donors (Lipinski definition) is 1. The van der Waals surface area contributed by atoms with Gasteiger partial charge in [-0.3, -0.25) is 4.79 Å². The fraction of sp³-hybridized carbons (Fsp3) is 0.500. The molecule has 1 aromatic rings. The molecule has 2 rings (SSSR count). The van der Waals surface area contributed by atoms with Crippen LogP contribution in [0.2, 0.25) is 0 Å². The largest absolute Gasteiger partial charge is 0.339 e. The Kier molecular flexibility index (Phi) is 4.45. The SMILES string of the molecule is CNS(=O)(=O)c1ccc(C(=O)N(C)C2CCCC2)cc1. The van der Waals surface area contributed by atoms with Crippen molar-refractivity contribution in [2.45, 2.75) is 36.6 Å². The summed E-state index contributed by atoms with van der Waals surface area (Å²) in [7, 11) is -0.272. The molecular weight excluding hydrogens is 276 g/mol. The molecule has 1 N–H and O–H groups in total. The molecular formula is C14H20N2O3S. The maximum Gasteiger partial charge on any atom is 0.253 e. The molecule has 0 atom stereocenters. The van der Waals surface area contributed by atoms with Gasteiger partial charge in [-0.05, 0) is 44.2 Å². The third-order valence-corrected chi connectivity index (χ3v) is 5.30. The number of benzene rings is 1. The fourth-order valence-corrected chi connectivity index (χ4v) is 3.29. The second-order valence-electron chi connectivity index (χ2n) is 5.09. The monoisotopic (exact) mass is 296 g/mol. The van der Waals surface area contributed by atoms with Gasteiger partial charge in [0.25, 0.3) is 5.91 Å². The molecule has 1 fully saturated rings. The number of sulfonamides is 1. The molecule has 0 aliphatic heterocycles. The first-order valence-corrected chi connectivity index (χ1v) is 8.25. The summed E-state index contributed by atoms with van der Waals surface area (Å²) in [6, 6.07) is 6.36. The molecule has 1 amide bonds. The van der Waals surface area contributed by atoms with Gasteiger partial charge in [0.2, 0.25) is 10.0 Å². The van der Waals surface area contributed by atoms with Crippen molar-refractivity contribution >= 4 is 15.9 Å². The maximum atomic E-state index is 12.3. The molecule has 1 aliphatic rings. The highest BCUT2D eigenvalue weighted by Crippen LogP contribution is 2.23. The quantitative estimate of drug-likeness (QED) is 0.918. The van der Waals surface area contributed by atoms with Gasteiger partial charge in [-0.15, -0.1) is 0 Å². The van der Waals surface area contributed by atoms with E-state index in [2.05, 4.69) is 4.72 Å². The van der Waals surface area contributed by atoms with Crippen molar-refractivity contribution in [2.24, 2.45) is 0 Å². The summed E-state index contributed by atoms with van der Waals surface area (Å²) in [5, 5.41) is 0. The molecule has 110 valence electrons. The third kappa shape index (κ3) is 3.02. The van der Waals surface area contributed by atoms with Crippen LogP contribution < -0.4 is 4.72 Å².